The Hall–Kier alpha value is -2.84. The Balaban J connectivity index is 1.48. The van der Waals surface area contributed by atoms with Crippen molar-refractivity contribution >= 4 is 39.2 Å². The third-order valence-electron chi connectivity index (χ3n) is 4.46. The van der Waals surface area contributed by atoms with E-state index < -0.39 is 0 Å². The van der Waals surface area contributed by atoms with Crippen LogP contribution in [0.4, 0.5) is 4.39 Å². The molecular weight excluding hydrogens is 419 g/mol. The molecular formula is C22H19FN4OS2. The fraction of sp³-hybridized carbons (Fsp3) is 0.182. The van der Waals surface area contributed by atoms with Crippen LogP contribution in [-0.2, 0) is 11.3 Å². The van der Waals surface area contributed by atoms with Gasteiger partial charge in [0.15, 0.2) is 0 Å². The van der Waals surface area contributed by atoms with E-state index in [0.717, 1.165) is 26.4 Å². The maximum atomic E-state index is 13.3. The lowest BCUT2D eigenvalue weighted by Crippen LogP contribution is -2.24. The van der Waals surface area contributed by atoms with E-state index in [0.29, 0.717) is 17.3 Å². The van der Waals surface area contributed by atoms with Crippen molar-refractivity contribution in [1.29, 1.82) is 0 Å². The number of nitrogens with zero attached hydrogens (tertiary/aromatic N) is 3. The van der Waals surface area contributed by atoms with Crippen molar-refractivity contribution in [3.05, 3.63) is 70.5 Å². The summed E-state index contributed by atoms with van der Waals surface area (Å²) in [6.45, 7) is 4.43. The minimum atomic E-state index is -0.299. The Bertz CT molecular complexity index is 1190. The van der Waals surface area contributed by atoms with Crippen LogP contribution in [0, 0.1) is 19.7 Å². The number of aromatic nitrogens is 3. The molecule has 8 heteroatoms. The monoisotopic (exact) mass is 438 g/mol. The van der Waals surface area contributed by atoms with Gasteiger partial charge in [-0.25, -0.2) is 9.37 Å². The van der Waals surface area contributed by atoms with Gasteiger partial charge in [0.2, 0.25) is 5.91 Å². The summed E-state index contributed by atoms with van der Waals surface area (Å²) in [6.07, 6.45) is 0. The molecule has 0 aliphatic carbocycles. The molecule has 0 unspecified atom stereocenters. The lowest BCUT2D eigenvalue weighted by Gasteiger charge is -2.07. The van der Waals surface area contributed by atoms with E-state index in [2.05, 4.69) is 20.5 Å². The van der Waals surface area contributed by atoms with Crippen LogP contribution < -0.4 is 5.32 Å². The lowest BCUT2D eigenvalue weighted by atomic mass is 10.1. The van der Waals surface area contributed by atoms with E-state index in [9.17, 15) is 9.18 Å². The zero-order valence-electron chi connectivity index (χ0n) is 16.5. The van der Waals surface area contributed by atoms with E-state index in [1.807, 2.05) is 38.1 Å². The first-order valence-corrected chi connectivity index (χ1v) is 11.1. The minimum Gasteiger partial charge on any atom is -0.351 e. The molecule has 5 nitrogen and oxygen atoms in total. The normalized spacial score (nSPS) is 11.0. The molecule has 152 valence electrons. The Morgan fingerprint density at radius 1 is 1.07 bits per heavy atom. The molecule has 0 radical (unpaired) electrons. The number of aryl methyl sites for hydroxylation is 2. The summed E-state index contributed by atoms with van der Waals surface area (Å²) in [4.78, 5) is 16.9. The Morgan fingerprint density at radius 2 is 1.80 bits per heavy atom. The molecule has 0 saturated carbocycles. The summed E-state index contributed by atoms with van der Waals surface area (Å²) in [5.41, 5.74) is 4.42. The highest BCUT2D eigenvalue weighted by atomic mass is 32.2. The number of thioether (sulfide) groups is 1. The molecule has 1 amide bonds. The molecule has 0 aliphatic heterocycles. The van der Waals surface area contributed by atoms with Crippen LogP contribution in [-0.4, -0.2) is 26.8 Å². The number of halogens is 1. The van der Waals surface area contributed by atoms with Gasteiger partial charge in [-0.15, -0.1) is 21.5 Å². The average molecular weight is 439 g/mol. The molecule has 4 aromatic rings. The van der Waals surface area contributed by atoms with E-state index in [1.54, 1.807) is 12.1 Å². The topological polar surface area (TPSA) is 67.8 Å². The van der Waals surface area contributed by atoms with Crippen LogP contribution in [0.2, 0.25) is 0 Å². The quantitative estimate of drug-likeness (QED) is 0.433. The zero-order valence-corrected chi connectivity index (χ0v) is 18.1. The number of thiazole rings is 1. The first-order valence-electron chi connectivity index (χ1n) is 9.34. The van der Waals surface area contributed by atoms with Crippen molar-refractivity contribution in [3.8, 4) is 11.3 Å². The minimum absolute atomic E-state index is 0.0786. The van der Waals surface area contributed by atoms with Gasteiger partial charge in [-0.05, 0) is 43.7 Å². The highest BCUT2D eigenvalue weighted by Crippen LogP contribution is 2.35. The molecule has 0 aliphatic rings. The number of hydrogen-bond donors (Lipinski definition) is 1. The van der Waals surface area contributed by atoms with Crippen LogP contribution in [0.3, 0.4) is 0 Å². The number of rotatable bonds is 6. The third kappa shape index (κ3) is 4.66. The second kappa shape index (κ2) is 8.89. The first kappa shape index (κ1) is 20.4. The van der Waals surface area contributed by atoms with Gasteiger partial charge < -0.3 is 5.32 Å². The Morgan fingerprint density at radius 3 is 2.53 bits per heavy atom. The molecule has 30 heavy (non-hydrogen) atoms. The van der Waals surface area contributed by atoms with Gasteiger partial charge >= 0.3 is 0 Å². The summed E-state index contributed by atoms with van der Waals surface area (Å²) in [5.74, 6) is -0.153. The van der Waals surface area contributed by atoms with Crippen molar-refractivity contribution in [1.82, 2.24) is 20.5 Å². The Labute approximate surface area is 181 Å². The largest absolute Gasteiger partial charge is 0.351 e. The molecule has 2 aromatic carbocycles. The SMILES string of the molecule is Cc1ccc(CNC(=O)CSc2nnc(-c3ccc(F)cc3)c3sc(C)nc23)cc1. The highest BCUT2D eigenvalue weighted by Gasteiger charge is 2.17. The van der Waals surface area contributed by atoms with E-state index in [1.165, 1.54) is 40.8 Å². The molecule has 4 rings (SSSR count). The molecule has 0 saturated heterocycles. The van der Waals surface area contributed by atoms with Crippen LogP contribution in [0.5, 0.6) is 0 Å². The zero-order chi connectivity index (χ0) is 21.1. The van der Waals surface area contributed by atoms with Crippen molar-refractivity contribution < 1.29 is 9.18 Å². The van der Waals surface area contributed by atoms with E-state index in [-0.39, 0.29) is 17.5 Å². The summed E-state index contributed by atoms with van der Waals surface area (Å²) < 4.78 is 14.1. The van der Waals surface area contributed by atoms with Gasteiger partial charge in [0.05, 0.1) is 15.5 Å². The number of amides is 1. The summed E-state index contributed by atoms with van der Waals surface area (Å²) in [6, 6.07) is 14.2. The van der Waals surface area contributed by atoms with Crippen molar-refractivity contribution in [3.63, 3.8) is 0 Å². The number of hydrogen-bond acceptors (Lipinski definition) is 6. The maximum Gasteiger partial charge on any atom is 0.230 e. The number of nitrogens with one attached hydrogen (secondary N) is 1. The molecule has 0 atom stereocenters. The molecule has 0 bridgehead atoms. The average Bonchev–Trinajstić information content (AvgIpc) is 3.14. The lowest BCUT2D eigenvalue weighted by molar-refractivity contribution is -0.118. The van der Waals surface area contributed by atoms with Gasteiger partial charge in [0.1, 0.15) is 22.1 Å². The second-order valence-corrected chi connectivity index (χ2v) is 8.99. The number of fused-ring (bicyclic) bond motifs is 1. The van der Waals surface area contributed by atoms with Crippen molar-refractivity contribution in [2.75, 3.05) is 5.75 Å². The van der Waals surface area contributed by atoms with Gasteiger partial charge in [-0.2, -0.15) is 0 Å². The second-order valence-electron chi connectivity index (χ2n) is 6.82. The summed E-state index contributed by atoms with van der Waals surface area (Å²) in [7, 11) is 0. The van der Waals surface area contributed by atoms with Gasteiger partial charge in [0.25, 0.3) is 0 Å². The fourth-order valence-corrected chi connectivity index (χ4v) is 4.65. The van der Waals surface area contributed by atoms with E-state index >= 15 is 0 Å². The third-order valence-corrected chi connectivity index (χ3v) is 6.39. The molecule has 0 spiro atoms. The standard InChI is InChI=1S/C22H19FN4OS2/c1-13-3-5-15(6-4-13)11-24-18(28)12-29-22-20-21(30-14(2)25-20)19(26-27-22)16-7-9-17(23)10-8-16/h3-10H,11-12H2,1-2H3,(H,24,28). The van der Waals surface area contributed by atoms with E-state index in [4.69, 9.17) is 0 Å². The predicted octanol–water partition coefficient (Wildman–Crippen LogP) is 4.92. The number of carbonyl (C=O) groups is 1. The summed E-state index contributed by atoms with van der Waals surface area (Å²) >= 11 is 2.83. The number of carbonyl (C=O) groups excluding carboxylic acids is 1. The van der Waals surface area contributed by atoms with Gasteiger partial charge in [-0.1, -0.05) is 41.6 Å². The highest BCUT2D eigenvalue weighted by molar-refractivity contribution is 8.00. The van der Waals surface area contributed by atoms with Crippen molar-refractivity contribution in [2.45, 2.75) is 25.4 Å². The molecule has 2 heterocycles. The fourth-order valence-electron chi connectivity index (χ4n) is 2.91. The molecule has 0 fully saturated rings. The molecule has 1 N–H and O–H groups in total. The summed E-state index contributed by atoms with van der Waals surface area (Å²) in [5, 5.41) is 13.1. The Kier molecular flexibility index (Phi) is 6.06. The van der Waals surface area contributed by atoms with Crippen LogP contribution in [0.25, 0.3) is 21.5 Å². The van der Waals surface area contributed by atoms with Gasteiger partial charge in [-0.3, -0.25) is 4.79 Å². The smallest absolute Gasteiger partial charge is 0.230 e. The van der Waals surface area contributed by atoms with Crippen LogP contribution in [0.1, 0.15) is 16.1 Å². The van der Waals surface area contributed by atoms with Gasteiger partial charge in [0, 0.05) is 12.1 Å². The molecule has 2 aromatic heterocycles. The predicted molar refractivity (Wildman–Crippen MR) is 119 cm³/mol. The van der Waals surface area contributed by atoms with Crippen LogP contribution >= 0.6 is 23.1 Å². The maximum absolute atomic E-state index is 13.3. The van der Waals surface area contributed by atoms with Crippen molar-refractivity contribution in [2.24, 2.45) is 0 Å². The number of benzene rings is 2. The first-order chi connectivity index (χ1) is 14.5. The van der Waals surface area contributed by atoms with Crippen LogP contribution in [0.15, 0.2) is 53.6 Å².